The molecule has 0 atom stereocenters. The summed E-state index contributed by atoms with van der Waals surface area (Å²) in [5, 5.41) is 16.9. The van der Waals surface area contributed by atoms with Crippen LogP contribution < -0.4 is 10.6 Å². The summed E-state index contributed by atoms with van der Waals surface area (Å²) in [6.45, 7) is 3.72. The summed E-state index contributed by atoms with van der Waals surface area (Å²) in [7, 11) is 1.60. The molecule has 0 unspecified atom stereocenters. The van der Waals surface area contributed by atoms with Gasteiger partial charge in [-0.3, -0.25) is 10.1 Å². The molecule has 1 aliphatic rings. The van der Waals surface area contributed by atoms with Gasteiger partial charge in [0.1, 0.15) is 6.33 Å². The number of rotatable bonds is 6. The van der Waals surface area contributed by atoms with Crippen molar-refractivity contribution in [2.24, 2.45) is 0 Å². The van der Waals surface area contributed by atoms with Crippen LogP contribution in [0.25, 0.3) is 0 Å². The van der Waals surface area contributed by atoms with Crippen LogP contribution in [-0.4, -0.2) is 53.0 Å². The van der Waals surface area contributed by atoms with Crippen molar-refractivity contribution in [1.29, 1.82) is 0 Å². The summed E-state index contributed by atoms with van der Waals surface area (Å²) in [6, 6.07) is 0. The first-order valence-corrected chi connectivity index (χ1v) is 6.85. The fourth-order valence-corrected chi connectivity index (χ4v) is 2.38. The summed E-state index contributed by atoms with van der Waals surface area (Å²) >= 11 is 0. The van der Waals surface area contributed by atoms with Gasteiger partial charge in [0.15, 0.2) is 0 Å². The molecule has 8 heteroatoms. The minimum absolute atomic E-state index is 0.103. The third-order valence-electron chi connectivity index (χ3n) is 3.41. The van der Waals surface area contributed by atoms with E-state index in [9.17, 15) is 10.1 Å². The van der Waals surface area contributed by atoms with Crippen LogP contribution in [0.4, 0.5) is 17.3 Å². The summed E-state index contributed by atoms with van der Waals surface area (Å²) in [5.74, 6) is 0.497. The quantitative estimate of drug-likeness (QED) is 0.599. The van der Waals surface area contributed by atoms with E-state index in [1.54, 1.807) is 7.05 Å². The van der Waals surface area contributed by atoms with Crippen molar-refractivity contribution >= 4 is 17.3 Å². The lowest BCUT2D eigenvalue weighted by Gasteiger charge is -2.26. The van der Waals surface area contributed by atoms with Crippen molar-refractivity contribution in [1.82, 2.24) is 14.9 Å². The Kier molecular flexibility index (Phi) is 5.05. The second kappa shape index (κ2) is 6.99. The monoisotopic (exact) mass is 280 g/mol. The molecule has 1 aromatic heterocycles. The Labute approximate surface area is 117 Å². The van der Waals surface area contributed by atoms with E-state index in [1.165, 1.54) is 25.6 Å². The zero-order valence-electron chi connectivity index (χ0n) is 11.6. The summed E-state index contributed by atoms with van der Waals surface area (Å²) in [4.78, 5) is 20.8. The summed E-state index contributed by atoms with van der Waals surface area (Å²) in [6.07, 6.45) is 5.09. The first-order valence-electron chi connectivity index (χ1n) is 6.85. The Bertz CT molecular complexity index is 461. The standard InChI is InChI=1S/C12H20N6O2/c1-13-11-10(18(19)20)12(16-9-15-11)14-5-8-17-6-3-2-4-7-17/h9H,2-8H2,1H3,(H2,13,14,15,16). The van der Waals surface area contributed by atoms with Crippen LogP contribution >= 0.6 is 0 Å². The Morgan fingerprint density at radius 1 is 1.30 bits per heavy atom. The molecule has 1 fully saturated rings. The average Bonchev–Trinajstić information content (AvgIpc) is 2.47. The van der Waals surface area contributed by atoms with Crippen molar-refractivity contribution in [2.45, 2.75) is 19.3 Å². The van der Waals surface area contributed by atoms with Gasteiger partial charge < -0.3 is 15.5 Å². The van der Waals surface area contributed by atoms with Crippen molar-refractivity contribution in [3.05, 3.63) is 16.4 Å². The Balaban J connectivity index is 1.96. The number of nitrogens with zero attached hydrogens (tertiary/aromatic N) is 4. The van der Waals surface area contributed by atoms with Crippen LogP contribution in [0.2, 0.25) is 0 Å². The minimum atomic E-state index is -0.463. The van der Waals surface area contributed by atoms with Crippen LogP contribution in [0.15, 0.2) is 6.33 Å². The molecule has 1 aromatic rings. The van der Waals surface area contributed by atoms with E-state index >= 15 is 0 Å². The Morgan fingerprint density at radius 3 is 2.65 bits per heavy atom. The Morgan fingerprint density at radius 2 is 2.00 bits per heavy atom. The number of hydrogen-bond acceptors (Lipinski definition) is 7. The number of nitrogens with one attached hydrogen (secondary N) is 2. The van der Waals surface area contributed by atoms with Crippen LogP contribution in [0.1, 0.15) is 19.3 Å². The predicted octanol–water partition coefficient (Wildman–Crippen LogP) is 1.32. The van der Waals surface area contributed by atoms with Gasteiger partial charge in [-0.2, -0.15) is 0 Å². The third kappa shape index (κ3) is 3.53. The smallest absolute Gasteiger partial charge is 0.353 e. The van der Waals surface area contributed by atoms with E-state index in [2.05, 4.69) is 25.5 Å². The van der Waals surface area contributed by atoms with Gasteiger partial charge in [-0.05, 0) is 25.9 Å². The molecule has 0 aliphatic carbocycles. The van der Waals surface area contributed by atoms with Crippen LogP contribution in [0.3, 0.4) is 0 Å². The molecule has 8 nitrogen and oxygen atoms in total. The van der Waals surface area contributed by atoms with Crippen LogP contribution in [-0.2, 0) is 0 Å². The lowest BCUT2D eigenvalue weighted by molar-refractivity contribution is -0.383. The third-order valence-corrected chi connectivity index (χ3v) is 3.41. The number of piperidine rings is 1. The molecule has 2 N–H and O–H groups in total. The van der Waals surface area contributed by atoms with Gasteiger partial charge in [-0.1, -0.05) is 6.42 Å². The molecule has 0 bridgehead atoms. The van der Waals surface area contributed by atoms with Crippen molar-refractivity contribution in [3.8, 4) is 0 Å². The van der Waals surface area contributed by atoms with Crippen LogP contribution in [0.5, 0.6) is 0 Å². The number of likely N-dealkylation sites (tertiary alicyclic amines) is 1. The molecule has 2 rings (SSSR count). The lowest BCUT2D eigenvalue weighted by atomic mass is 10.1. The van der Waals surface area contributed by atoms with Gasteiger partial charge in [0.2, 0.25) is 11.6 Å². The molecule has 0 amide bonds. The van der Waals surface area contributed by atoms with Gasteiger partial charge in [0, 0.05) is 20.1 Å². The highest BCUT2D eigenvalue weighted by Gasteiger charge is 2.21. The summed E-state index contributed by atoms with van der Waals surface area (Å²) < 4.78 is 0. The molecule has 2 heterocycles. The van der Waals surface area contributed by atoms with E-state index in [0.29, 0.717) is 6.54 Å². The highest BCUT2D eigenvalue weighted by atomic mass is 16.6. The molecule has 0 radical (unpaired) electrons. The van der Waals surface area contributed by atoms with E-state index < -0.39 is 4.92 Å². The molecule has 0 saturated carbocycles. The highest BCUT2D eigenvalue weighted by molar-refractivity contribution is 5.68. The fourth-order valence-electron chi connectivity index (χ4n) is 2.38. The van der Waals surface area contributed by atoms with E-state index in [0.717, 1.165) is 19.6 Å². The molecule has 0 spiro atoms. The number of anilines is 2. The second-order valence-electron chi connectivity index (χ2n) is 4.76. The molecule has 1 saturated heterocycles. The largest absolute Gasteiger partial charge is 0.367 e. The number of aromatic nitrogens is 2. The van der Waals surface area contributed by atoms with Crippen molar-refractivity contribution < 1.29 is 4.92 Å². The van der Waals surface area contributed by atoms with E-state index in [4.69, 9.17) is 0 Å². The van der Waals surface area contributed by atoms with Crippen LogP contribution in [0, 0.1) is 10.1 Å². The molecule has 110 valence electrons. The average molecular weight is 280 g/mol. The van der Waals surface area contributed by atoms with Gasteiger partial charge in [-0.25, -0.2) is 9.97 Å². The summed E-state index contributed by atoms with van der Waals surface area (Å²) in [5.41, 5.74) is -0.103. The van der Waals surface area contributed by atoms with E-state index in [-0.39, 0.29) is 17.3 Å². The van der Waals surface area contributed by atoms with E-state index in [1.807, 2.05) is 0 Å². The maximum absolute atomic E-state index is 11.1. The molecule has 0 aromatic carbocycles. The minimum Gasteiger partial charge on any atom is -0.367 e. The lowest BCUT2D eigenvalue weighted by Crippen LogP contribution is -2.33. The molecular weight excluding hydrogens is 260 g/mol. The molecule has 20 heavy (non-hydrogen) atoms. The topological polar surface area (TPSA) is 96.2 Å². The van der Waals surface area contributed by atoms with Gasteiger partial charge in [0.05, 0.1) is 4.92 Å². The predicted molar refractivity (Wildman–Crippen MR) is 77.0 cm³/mol. The second-order valence-corrected chi connectivity index (χ2v) is 4.76. The fraction of sp³-hybridized carbons (Fsp3) is 0.667. The van der Waals surface area contributed by atoms with Crippen molar-refractivity contribution in [2.75, 3.05) is 43.9 Å². The van der Waals surface area contributed by atoms with Gasteiger partial charge in [-0.15, -0.1) is 0 Å². The number of nitro groups is 1. The molecule has 1 aliphatic heterocycles. The first kappa shape index (κ1) is 14.4. The maximum atomic E-state index is 11.1. The zero-order chi connectivity index (χ0) is 14.4. The SMILES string of the molecule is CNc1ncnc(NCCN2CCCCC2)c1[N+](=O)[O-]. The van der Waals surface area contributed by atoms with Gasteiger partial charge >= 0.3 is 5.69 Å². The van der Waals surface area contributed by atoms with Gasteiger partial charge in [0.25, 0.3) is 0 Å². The number of hydrogen-bond donors (Lipinski definition) is 2. The molecular formula is C12H20N6O2. The normalized spacial score (nSPS) is 15.8. The first-order chi connectivity index (χ1) is 9.72. The Hall–Kier alpha value is -1.96. The maximum Gasteiger partial charge on any atom is 0.353 e. The highest BCUT2D eigenvalue weighted by Crippen LogP contribution is 2.28. The van der Waals surface area contributed by atoms with Crippen molar-refractivity contribution in [3.63, 3.8) is 0 Å². The zero-order valence-corrected chi connectivity index (χ0v) is 11.6.